The summed E-state index contributed by atoms with van der Waals surface area (Å²) >= 11 is 0. The van der Waals surface area contributed by atoms with Crippen LogP contribution in [0, 0.1) is 11.8 Å². The molecule has 0 spiro atoms. The summed E-state index contributed by atoms with van der Waals surface area (Å²) in [6, 6.07) is 0. The Labute approximate surface area is 75.9 Å². The zero-order valence-corrected chi connectivity index (χ0v) is 7.45. The highest BCUT2D eigenvalue weighted by atomic mass is 16.2. The minimum Gasteiger partial charge on any atom is -0.349 e. The van der Waals surface area contributed by atoms with Gasteiger partial charge in [0.05, 0.1) is 0 Å². The number of hydrogen-bond acceptors (Lipinski definition) is 3. The molecule has 0 saturated heterocycles. The van der Waals surface area contributed by atoms with E-state index in [9.17, 15) is 4.79 Å². The molecule has 5 nitrogen and oxygen atoms in total. The molecule has 70 valence electrons. The molecule has 2 N–H and O–H groups in total. The monoisotopic (exact) mass is 180 g/mol. The van der Waals surface area contributed by atoms with Gasteiger partial charge in [0.25, 0.3) is 5.91 Å². The van der Waals surface area contributed by atoms with Crippen molar-refractivity contribution in [3.8, 4) is 0 Å². The van der Waals surface area contributed by atoms with Crippen LogP contribution in [0.3, 0.4) is 0 Å². The number of hydrogen-bond donors (Lipinski definition) is 2. The number of nitrogens with one attached hydrogen (secondary N) is 2. The van der Waals surface area contributed by atoms with Crippen molar-refractivity contribution in [1.82, 2.24) is 20.5 Å². The summed E-state index contributed by atoms with van der Waals surface area (Å²) in [7, 11) is 0. The van der Waals surface area contributed by atoms with E-state index in [0.717, 1.165) is 12.5 Å². The van der Waals surface area contributed by atoms with Gasteiger partial charge in [0, 0.05) is 6.54 Å². The molecule has 5 heteroatoms. The van der Waals surface area contributed by atoms with Crippen molar-refractivity contribution < 1.29 is 4.79 Å². The lowest BCUT2D eigenvalue weighted by Gasteiger charge is -1.99. The fourth-order valence-corrected chi connectivity index (χ4v) is 1.31. The summed E-state index contributed by atoms with van der Waals surface area (Å²) in [5.41, 5.74) is 0. The Kier molecular flexibility index (Phi) is 2.00. The number of carbonyl (C=O) groups excluding carboxylic acids is 1. The lowest BCUT2D eigenvalue weighted by molar-refractivity contribution is 0.0941. The van der Waals surface area contributed by atoms with Crippen LogP contribution >= 0.6 is 0 Å². The first kappa shape index (κ1) is 8.22. The number of amides is 1. The minimum atomic E-state index is -0.170. The second-order valence-electron chi connectivity index (χ2n) is 3.52. The Hall–Kier alpha value is -1.39. The van der Waals surface area contributed by atoms with Gasteiger partial charge in [-0.1, -0.05) is 6.92 Å². The van der Waals surface area contributed by atoms with Crippen LogP contribution in [0.25, 0.3) is 0 Å². The van der Waals surface area contributed by atoms with Crippen molar-refractivity contribution in [3.63, 3.8) is 0 Å². The van der Waals surface area contributed by atoms with E-state index in [4.69, 9.17) is 0 Å². The Morgan fingerprint density at radius 2 is 2.62 bits per heavy atom. The van der Waals surface area contributed by atoms with E-state index in [0.29, 0.717) is 5.92 Å². The third kappa shape index (κ3) is 1.85. The van der Waals surface area contributed by atoms with Gasteiger partial charge in [-0.15, -0.1) is 0 Å². The van der Waals surface area contributed by atoms with E-state index in [1.54, 1.807) is 0 Å². The zero-order chi connectivity index (χ0) is 9.26. The van der Waals surface area contributed by atoms with E-state index in [2.05, 4.69) is 27.4 Å². The fourth-order valence-electron chi connectivity index (χ4n) is 1.31. The molecule has 0 bridgehead atoms. The summed E-state index contributed by atoms with van der Waals surface area (Å²) in [4.78, 5) is 15.1. The molecule has 1 amide bonds. The molecular formula is C8H12N4O. The number of rotatable bonds is 3. The number of H-pyrrole nitrogens is 1. The van der Waals surface area contributed by atoms with Crippen LogP contribution < -0.4 is 5.32 Å². The Balaban J connectivity index is 1.79. The molecular weight excluding hydrogens is 168 g/mol. The molecule has 1 aliphatic carbocycles. The number of aromatic nitrogens is 3. The predicted molar refractivity (Wildman–Crippen MR) is 46.0 cm³/mol. The standard InChI is InChI=1S/C8H12N4O/c1-5-2-6(5)3-9-8(13)7-10-4-11-12-7/h4-6H,2-3H2,1H3,(H,9,13)(H,10,11,12). The van der Waals surface area contributed by atoms with Crippen LogP contribution in [0.15, 0.2) is 6.33 Å². The zero-order valence-electron chi connectivity index (χ0n) is 7.45. The summed E-state index contributed by atoms with van der Waals surface area (Å²) in [5, 5.41) is 8.93. The van der Waals surface area contributed by atoms with Crippen molar-refractivity contribution in [2.24, 2.45) is 11.8 Å². The van der Waals surface area contributed by atoms with Crippen molar-refractivity contribution in [1.29, 1.82) is 0 Å². The highest BCUT2D eigenvalue weighted by molar-refractivity contribution is 5.90. The molecule has 0 aliphatic heterocycles. The summed E-state index contributed by atoms with van der Waals surface area (Å²) in [6.45, 7) is 2.94. The van der Waals surface area contributed by atoms with Gasteiger partial charge in [-0.3, -0.25) is 9.89 Å². The van der Waals surface area contributed by atoms with Gasteiger partial charge < -0.3 is 5.32 Å². The number of aromatic amines is 1. The van der Waals surface area contributed by atoms with Gasteiger partial charge >= 0.3 is 0 Å². The highest BCUT2D eigenvalue weighted by Gasteiger charge is 2.32. The van der Waals surface area contributed by atoms with Crippen molar-refractivity contribution >= 4 is 5.91 Å². The van der Waals surface area contributed by atoms with E-state index >= 15 is 0 Å². The molecule has 1 aliphatic rings. The molecule has 1 aromatic rings. The largest absolute Gasteiger partial charge is 0.349 e. The molecule has 0 aromatic carbocycles. The molecule has 13 heavy (non-hydrogen) atoms. The van der Waals surface area contributed by atoms with Gasteiger partial charge in [-0.2, -0.15) is 5.10 Å². The van der Waals surface area contributed by atoms with Crippen molar-refractivity contribution in [2.45, 2.75) is 13.3 Å². The Bertz CT molecular complexity index is 295. The third-order valence-electron chi connectivity index (χ3n) is 2.43. The van der Waals surface area contributed by atoms with Crippen LogP contribution in [0.2, 0.25) is 0 Å². The maximum absolute atomic E-state index is 11.3. The van der Waals surface area contributed by atoms with E-state index in [1.165, 1.54) is 12.7 Å². The topological polar surface area (TPSA) is 70.7 Å². The maximum Gasteiger partial charge on any atom is 0.288 e. The average molecular weight is 180 g/mol. The third-order valence-corrected chi connectivity index (χ3v) is 2.43. The van der Waals surface area contributed by atoms with Crippen LogP contribution in [0.4, 0.5) is 0 Å². The Morgan fingerprint density at radius 3 is 3.15 bits per heavy atom. The first-order valence-corrected chi connectivity index (χ1v) is 4.41. The van der Waals surface area contributed by atoms with Crippen molar-refractivity contribution in [3.05, 3.63) is 12.2 Å². The van der Waals surface area contributed by atoms with Gasteiger partial charge in [-0.05, 0) is 18.3 Å². The molecule has 2 atom stereocenters. The second-order valence-corrected chi connectivity index (χ2v) is 3.52. The first-order chi connectivity index (χ1) is 6.27. The Morgan fingerprint density at radius 1 is 1.85 bits per heavy atom. The lowest BCUT2D eigenvalue weighted by Crippen LogP contribution is -2.26. The molecule has 1 saturated carbocycles. The van der Waals surface area contributed by atoms with Gasteiger partial charge in [-0.25, -0.2) is 4.98 Å². The van der Waals surface area contributed by atoms with Crippen LogP contribution in [-0.4, -0.2) is 27.6 Å². The van der Waals surface area contributed by atoms with E-state index in [-0.39, 0.29) is 11.7 Å². The van der Waals surface area contributed by atoms with E-state index in [1.807, 2.05) is 0 Å². The number of nitrogens with zero attached hydrogens (tertiary/aromatic N) is 2. The van der Waals surface area contributed by atoms with Crippen molar-refractivity contribution in [2.75, 3.05) is 6.54 Å². The van der Waals surface area contributed by atoms with Crippen LogP contribution in [0.1, 0.15) is 24.0 Å². The lowest BCUT2D eigenvalue weighted by atomic mass is 10.3. The molecule has 2 rings (SSSR count). The summed E-state index contributed by atoms with van der Waals surface area (Å²) in [6.07, 6.45) is 2.55. The summed E-state index contributed by atoms with van der Waals surface area (Å²) in [5.74, 6) is 1.53. The fraction of sp³-hybridized carbons (Fsp3) is 0.625. The number of carbonyl (C=O) groups is 1. The van der Waals surface area contributed by atoms with Gasteiger partial charge in [0.2, 0.25) is 5.82 Å². The van der Waals surface area contributed by atoms with Crippen LogP contribution in [-0.2, 0) is 0 Å². The average Bonchev–Trinajstić information content (AvgIpc) is 2.67. The van der Waals surface area contributed by atoms with Crippen LogP contribution in [0.5, 0.6) is 0 Å². The maximum atomic E-state index is 11.3. The molecule has 1 fully saturated rings. The predicted octanol–water partition coefficient (Wildman–Crippen LogP) is 0.191. The smallest absolute Gasteiger partial charge is 0.288 e. The molecule has 0 radical (unpaired) electrons. The highest BCUT2D eigenvalue weighted by Crippen LogP contribution is 2.36. The molecule has 1 heterocycles. The quantitative estimate of drug-likeness (QED) is 0.697. The summed E-state index contributed by atoms with van der Waals surface area (Å²) < 4.78 is 0. The van der Waals surface area contributed by atoms with Gasteiger partial charge in [0.1, 0.15) is 6.33 Å². The molecule has 2 unspecified atom stereocenters. The normalized spacial score (nSPS) is 25.6. The molecule has 1 aromatic heterocycles. The SMILES string of the molecule is CC1CC1CNC(=O)c1ncn[nH]1. The van der Waals surface area contributed by atoms with Gasteiger partial charge in [0.15, 0.2) is 0 Å². The van der Waals surface area contributed by atoms with E-state index < -0.39 is 0 Å². The first-order valence-electron chi connectivity index (χ1n) is 4.41. The second kappa shape index (κ2) is 3.16. The minimum absolute atomic E-state index is 0.170.